The summed E-state index contributed by atoms with van der Waals surface area (Å²) in [5.74, 6) is 2.93. The van der Waals surface area contributed by atoms with Crippen LogP contribution >= 0.6 is 11.6 Å². The first-order valence-electron chi connectivity index (χ1n) is 10.9. The predicted octanol–water partition coefficient (Wildman–Crippen LogP) is 5.12. The number of hydrogen-bond donors (Lipinski definition) is 0. The van der Waals surface area contributed by atoms with Crippen molar-refractivity contribution >= 4 is 35.3 Å². The van der Waals surface area contributed by atoms with Gasteiger partial charge in [-0.15, -0.1) is 0 Å². The van der Waals surface area contributed by atoms with Gasteiger partial charge in [-0.25, -0.2) is 9.69 Å². The molecule has 0 radical (unpaired) electrons. The van der Waals surface area contributed by atoms with Gasteiger partial charge in [0.2, 0.25) is 0 Å². The van der Waals surface area contributed by atoms with Crippen molar-refractivity contribution in [3.05, 3.63) is 28.8 Å². The topological polar surface area (TPSA) is 72.9 Å². The summed E-state index contributed by atoms with van der Waals surface area (Å²) in [6.07, 6.45) is -4.88. The molecule has 4 aliphatic rings. The number of amides is 2. The molecule has 2 saturated carbocycles. The number of hydrogen-bond acceptors (Lipinski definition) is 5. The van der Waals surface area contributed by atoms with Gasteiger partial charge in [-0.2, -0.15) is 13.2 Å². The molecule has 0 spiro atoms. The first-order chi connectivity index (χ1) is 15.7. The molecular weight excluding hydrogens is 475 g/mol. The number of esters is 1. The fraction of sp³-hybridized carbons (Fsp3) is 0.542. The molecule has 2 heterocycles. The maximum Gasteiger partial charge on any atom is 0.445 e. The highest BCUT2D eigenvalue weighted by molar-refractivity contribution is 6.31. The van der Waals surface area contributed by atoms with Crippen molar-refractivity contribution in [3.8, 4) is 11.8 Å². The second-order valence-electron chi connectivity index (χ2n) is 10.1. The quantitative estimate of drug-likeness (QED) is 0.399. The van der Waals surface area contributed by atoms with Crippen molar-refractivity contribution in [1.29, 1.82) is 0 Å². The van der Waals surface area contributed by atoms with Crippen LogP contribution in [0.5, 0.6) is 0 Å². The van der Waals surface area contributed by atoms with Gasteiger partial charge in [0, 0.05) is 21.9 Å². The number of nitrogens with zero attached hydrogens (tertiary/aromatic N) is 1. The lowest BCUT2D eigenvalue weighted by molar-refractivity contribution is -0.240. The third-order valence-electron chi connectivity index (χ3n) is 8.06. The zero-order valence-electron chi connectivity index (χ0n) is 18.6. The normalized spacial score (nSPS) is 33.6. The average Bonchev–Trinajstić information content (AvgIpc) is 3.52. The first-order valence-corrected chi connectivity index (χ1v) is 11.3. The lowest BCUT2D eigenvalue weighted by atomic mass is 9.66. The molecule has 3 fully saturated rings. The van der Waals surface area contributed by atoms with E-state index in [1.54, 1.807) is 20.8 Å². The predicted molar refractivity (Wildman–Crippen MR) is 114 cm³/mol. The molecule has 2 amide bonds. The van der Waals surface area contributed by atoms with E-state index in [9.17, 15) is 27.6 Å². The van der Waals surface area contributed by atoms with Crippen LogP contribution in [-0.2, 0) is 24.7 Å². The van der Waals surface area contributed by atoms with E-state index in [2.05, 4.69) is 11.8 Å². The third kappa shape index (κ3) is 2.69. The molecule has 2 bridgehead atoms. The Labute approximate surface area is 198 Å². The molecule has 0 aromatic heterocycles. The van der Waals surface area contributed by atoms with Gasteiger partial charge in [0.1, 0.15) is 0 Å². The summed E-state index contributed by atoms with van der Waals surface area (Å²) in [5.41, 5.74) is -7.93. The molecule has 34 heavy (non-hydrogen) atoms. The van der Waals surface area contributed by atoms with Gasteiger partial charge in [0.25, 0.3) is 11.5 Å². The van der Waals surface area contributed by atoms with Crippen LogP contribution in [-0.4, -0.2) is 29.7 Å². The Morgan fingerprint density at radius 1 is 1.15 bits per heavy atom. The lowest BCUT2D eigenvalue weighted by Crippen LogP contribution is -2.61. The molecule has 2 aliphatic carbocycles. The minimum absolute atomic E-state index is 0.0508. The van der Waals surface area contributed by atoms with Gasteiger partial charge in [-0.05, 0) is 56.7 Å². The zero-order valence-corrected chi connectivity index (χ0v) is 19.4. The fourth-order valence-electron chi connectivity index (χ4n) is 5.22. The minimum Gasteiger partial charge on any atom is -0.448 e. The molecule has 10 heteroatoms. The molecule has 1 saturated heterocycles. The lowest BCUT2D eigenvalue weighted by Gasteiger charge is -2.43. The highest BCUT2D eigenvalue weighted by atomic mass is 35.5. The van der Waals surface area contributed by atoms with E-state index in [0.29, 0.717) is 24.2 Å². The van der Waals surface area contributed by atoms with Crippen LogP contribution in [0.15, 0.2) is 18.2 Å². The number of halogens is 4. The number of benzene rings is 1. The van der Waals surface area contributed by atoms with E-state index < -0.39 is 51.7 Å². The van der Waals surface area contributed by atoms with Crippen molar-refractivity contribution in [2.75, 3.05) is 4.90 Å². The smallest absolute Gasteiger partial charge is 0.445 e. The Morgan fingerprint density at radius 2 is 1.82 bits per heavy atom. The molecular formula is C24H21ClF3NO5. The molecule has 5 rings (SSSR count). The number of carbonyl (C=O) groups excluding carboxylic acids is 3. The van der Waals surface area contributed by atoms with E-state index in [4.69, 9.17) is 21.1 Å². The molecule has 1 aromatic carbocycles. The van der Waals surface area contributed by atoms with E-state index in [0.717, 1.165) is 12.1 Å². The van der Waals surface area contributed by atoms with Crippen LogP contribution in [0.1, 0.15) is 52.0 Å². The van der Waals surface area contributed by atoms with E-state index in [-0.39, 0.29) is 23.0 Å². The highest BCUT2D eigenvalue weighted by Crippen LogP contribution is 2.66. The molecule has 1 aromatic rings. The number of rotatable bonds is 1. The molecule has 2 aliphatic heterocycles. The summed E-state index contributed by atoms with van der Waals surface area (Å²) in [5, 5.41) is -0.0508. The third-order valence-corrected chi connectivity index (χ3v) is 8.30. The van der Waals surface area contributed by atoms with E-state index >= 15 is 0 Å². The maximum atomic E-state index is 14.5. The number of cyclic esters (lactones) is 1. The van der Waals surface area contributed by atoms with Gasteiger partial charge in [0.05, 0.1) is 11.1 Å². The van der Waals surface area contributed by atoms with Gasteiger partial charge in [-0.1, -0.05) is 31.4 Å². The van der Waals surface area contributed by atoms with Crippen molar-refractivity contribution in [2.24, 2.45) is 16.7 Å². The SMILES string of the molecule is CC1(C)[C@@]2(C)CC[C@]1(C(=O)N1C(=O)O[C@](C#CC3CC3)(C(F)(F)F)c3cc(Cl)ccc31)OC2=O. The number of ether oxygens (including phenoxy) is 2. The van der Waals surface area contributed by atoms with Crippen molar-refractivity contribution in [2.45, 2.75) is 63.8 Å². The Balaban J connectivity index is 1.68. The Morgan fingerprint density at radius 3 is 2.35 bits per heavy atom. The van der Waals surface area contributed by atoms with Gasteiger partial charge in [-0.3, -0.25) is 9.59 Å². The van der Waals surface area contributed by atoms with Crippen molar-refractivity contribution in [1.82, 2.24) is 0 Å². The molecule has 0 unspecified atom stereocenters. The van der Waals surface area contributed by atoms with E-state index in [1.807, 2.05) is 0 Å². The molecule has 0 N–H and O–H groups in total. The summed E-state index contributed by atoms with van der Waals surface area (Å²) in [6, 6.07) is 3.43. The van der Waals surface area contributed by atoms with Crippen molar-refractivity contribution < 1.29 is 37.0 Å². The fourth-order valence-corrected chi connectivity index (χ4v) is 5.39. The highest BCUT2D eigenvalue weighted by Gasteiger charge is 2.77. The van der Waals surface area contributed by atoms with Crippen LogP contribution in [0, 0.1) is 28.6 Å². The Kier molecular flexibility index (Phi) is 4.53. The standard InChI is InChI=1S/C24H21ClF3NO5/c1-20(2)21(3)10-11-23(20,33-18(21)31)17(30)29-16-7-6-14(25)12-15(16)22(24(26,27)28,34-19(29)32)9-8-13-4-5-13/h6-7,12-13H,4-5,10-11H2,1-3H3/t21-,22-,23+/m0/s1. The minimum atomic E-state index is -5.11. The molecule has 6 nitrogen and oxygen atoms in total. The van der Waals surface area contributed by atoms with Crippen LogP contribution in [0.4, 0.5) is 23.7 Å². The summed E-state index contributed by atoms with van der Waals surface area (Å²) in [6.45, 7) is 5.05. The monoisotopic (exact) mass is 495 g/mol. The number of alkyl halides is 3. The summed E-state index contributed by atoms with van der Waals surface area (Å²) in [4.78, 5) is 40.2. The summed E-state index contributed by atoms with van der Waals surface area (Å²) >= 11 is 6.04. The van der Waals surface area contributed by atoms with Gasteiger partial charge in [0.15, 0.2) is 5.60 Å². The first kappa shape index (κ1) is 23.0. The summed E-state index contributed by atoms with van der Waals surface area (Å²) in [7, 11) is 0. The summed E-state index contributed by atoms with van der Waals surface area (Å²) < 4.78 is 53.9. The number of fused-ring (bicyclic) bond motifs is 3. The zero-order chi connectivity index (χ0) is 24.9. The van der Waals surface area contributed by atoms with Crippen LogP contribution in [0.2, 0.25) is 5.02 Å². The van der Waals surface area contributed by atoms with Crippen LogP contribution < -0.4 is 4.90 Å². The molecule has 180 valence electrons. The Hall–Kier alpha value is -2.73. The largest absolute Gasteiger partial charge is 0.448 e. The second-order valence-corrected chi connectivity index (χ2v) is 10.5. The average molecular weight is 496 g/mol. The number of imide groups is 1. The second kappa shape index (κ2) is 6.69. The molecule has 3 atom stereocenters. The maximum absolute atomic E-state index is 14.5. The van der Waals surface area contributed by atoms with Crippen LogP contribution in [0.25, 0.3) is 0 Å². The van der Waals surface area contributed by atoms with E-state index in [1.165, 1.54) is 6.07 Å². The van der Waals surface area contributed by atoms with Crippen LogP contribution in [0.3, 0.4) is 0 Å². The van der Waals surface area contributed by atoms with Gasteiger partial charge >= 0.3 is 18.2 Å². The van der Waals surface area contributed by atoms with Gasteiger partial charge < -0.3 is 9.47 Å². The van der Waals surface area contributed by atoms with Crippen molar-refractivity contribution in [3.63, 3.8) is 0 Å². The number of anilines is 1. The number of carbonyl (C=O) groups is 3. The Bertz CT molecular complexity index is 1210.